The molecule has 0 aromatic carbocycles. The van der Waals surface area contributed by atoms with Crippen molar-refractivity contribution in [3.63, 3.8) is 0 Å². The average molecular weight is 206 g/mol. The van der Waals surface area contributed by atoms with Crippen molar-refractivity contribution in [2.45, 2.75) is 38.4 Å². The second kappa shape index (κ2) is 2.47. The molecule has 0 N–H and O–H groups in total. The van der Waals surface area contributed by atoms with Crippen LogP contribution in [0.2, 0.25) is 0 Å². The summed E-state index contributed by atoms with van der Waals surface area (Å²) < 4.78 is 34.6. The quantitative estimate of drug-likeness (QED) is 0.616. The van der Waals surface area contributed by atoms with Crippen LogP contribution in [0.4, 0.5) is 3.89 Å². The van der Waals surface area contributed by atoms with E-state index in [0.29, 0.717) is 12.3 Å². The van der Waals surface area contributed by atoms with Gasteiger partial charge in [-0.05, 0) is 36.5 Å². The zero-order chi connectivity index (χ0) is 9.85. The summed E-state index contributed by atoms with van der Waals surface area (Å²) in [6.07, 6.45) is 2.49. The van der Waals surface area contributed by atoms with Crippen molar-refractivity contribution in [2.24, 2.45) is 17.3 Å². The van der Waals surface area contributed by atoms with E-state index in [1.54, 1.807) is 0 Å². The minimum absolute atomic E-state index is 0.0316. The van der Waals surface area contributed by atoms with Gasteiger partial charge in [0.2, 0.25) is 0 Å². The lowest BCUT2D eigenvalue weighted by atomic mass is 9.82. The molecule has 0 unspecified atom stereocenters. The molecule has 76 valence electrons. The van der Waals surface area contributed by atoms with Gasteiger partial charge in [-0.1, -0.05) is 13.8 Å². The number of rotatable bonds is 1. The van der Waals surface area contributed by atoms with Gasteiger partial charge in [0.25, 0.3) is 0 Å². The minimum atomic E-state index is -4.30. The van der Waals surface area contributed by atoms with E-state index in [0.717, 1.165) is 12.8 Å². The number of halogens is 1. The van der Waals surface area contributed by atoms with Crippen LogP contribution in [0, 0.1) is 17.3 Å². The van der Waals surface area contributed by atoms with Gasteiger partial charge >= 0.3 is 10.2 Å². The fraction of sp³-hybridized carbons (Fsp3) is 1.00. The number of hydrogen-bond acceptors (Lipinski definition) is 2. The van der Waals surface area contributed by atoms with Crippen molar-refractivity contribution in [2.75, 3.05) is 0 Å². The average Bonchev–Trinajstić information content (AvgIpc) is 2.39. The van der Waals surface area contributed by atoms with Gasteiger partial charge in [0.15, 0.2) is 0 Å². The lowest BCUT2D eigenvalue weighted by Crippen LogP contribution is -2.27. The molecule has 13 heavy (non-hydrogen) atoms. The maximum Gasteiger partial charge on any atom is 0.305 e. The third-order valence-corrected chi connectivity index (χ3v) is 5.41. The topological polar surface area (TPSA) is 34.1 Å². The van der Waals surface area contributed by atoms with Crippen LogP contribution < -0.4 is 0 Å². The highest BCUT2D eigenvalue weighted by molar-refractivity contribution is 7.87. The molecule has 2 saturated carbocycles. The Morgan fingerprint density at radius 3 is 2.15 bits per heavy atom. The molecule has 4 heteroatoms. The summed E-state index contributed by atoms with van der Waals surface area (Å²) in [6, 6.07) is 0. The summed E-state index contributed by atoms with van der Waals surface area (Å²) in [7, 11) is -4.30. The Morgan fingerprint density at radius 1 is 1.31 bits per heavy atom. The van der Waals surface area contributed by atoms with Gasteiger partial charge in [-0.3, -0.25) is 0 Å². The van der Waals surface area contributed by atoms with Gasteiger partial charge in [-0.15, -0.1) is 3.89 Å². The molecule has 2 fully saturated rings. The summed E-state index contributed by atoms with van der Waals surface area (Å²) in [6.45, 7) is 4.14. The van der Waals surface area contributed by atoms with Gasteiger partial charge in [-0.25, -0.2) is 0 Å². The second-order valence-corrected chi connectivity index (χ2v) is 6.51. The molecule has 2 bridgehead atoms. The van der Waals surface area contributed by atoms with Crippen molar-refractivity contribution in [1.82, 2.24) is 0 Å². The van der Waals surface area contributed by atoms with E-state index in [-0.39, 0.29) is 11.3 Å². The molecule has 2 aliphatic carbocycles. The number of hydrogen-bond donors (Lipinski definition) is 0. The van der Waals surface area contributed by atoms with Crippen molar-refractivity contribution >= 4 is 10.2 Å². The Morgan fingerprint density at radius 2 is 1.92 bits per heavy atom. The van der Waals surface area contributed by atoms with Crippen LogP contribution in [0.1, 0.15) is 33.1 Å². The normalized spacial score (nSPS) is 42.5. The molecule has 0 aliphatic heterocycles. The summed E-state index contributed by atoms with van der Waals surface area (Å²) in [5.41, 5.74) is 0.0316. The van der Waals surface area contributed by atoms with Crippen LogP contribution in [0.3, 0.4) is 0 Å². The maximum absolute atomic E-state index is 12.9. The van der Waals surface area contributed by atoms with Crippen molar-refractivity contribution in [3.8, 4) is 0 Å². The Hall–Kier alpha value is -0.120. The lowest BCUT2D eigenvalue weighted by Gasteiger charge is -2.24. The molecule has 0 aromatic rings. The van der Waals surface area contributed by atoms with E-state index in [9.17, 15) is 12.3 Å². The lowest BCUT2D eigenvalue weighted by molar-refractivity contribution is 0.259. The molecule has 2 aliphatic rings. The molecule has 0 amide bonds. The third kappa shape index (κ3) is 1.22. The molecule has 0 radical (unpaired) electrons. The fourth-order valence-corrected chi connectivity index (χ4v) is 4.61. The van der Waals surface area contributed by atoms with Gasteiger partial charge < -0.3 is 0 Å². The van der Waals surface area contributed by atoms with Crippen LogP contribution in [0.5, 0.6) is 0 Å². The predicted octanol–water partition coefficient (Wildman–Crippen LogP) is 2.11. The summed E-state index contributed by atoms with van der Waals surface area (Å²) in [5.74, 6) is 0.459. The second-order valence-electron chi connectivity index (χ2n) is 4.95. The smallest absolute Gasteiger partial charge is 0.195 e. The number of fused-ring (bicyclic) bond motifs is 2. The van der Waals surface area contributed by atoms with E-state index in [1.165, 1.54) is 0 Å². The third-order valence-electron chi connectivity index (χ3n) is 4.16. The van der Waals surface area contributed by atoms with Gasteiger partial charge in [0.05, 0.1) is 5.25 Å². The van der Waals surface area contributed by atoms with Crippen molar-refractivity contribution < 1.29 is 12.3 Å². The Bertz CT molecular complexity index is 321. The SMILES string of the molecule is CC1(C)[C@@H]2CC[C@H]1[C@@H](S(=O)(=O)F)C2. The first kappa shape index (κ1) is 9.44. The van der Waals surface area contributed by atoms with Gasteiger partial charge in [0.1, 0.15) is 0 Å². The highest BCUT2D eigenvalue weighted by Crippen LogP contribution is 2.59. The van der Waals surface area contributed by atoms with Gasteiger partial charge in [0, 0.05) is 0 Å². The monoisotopic (exact) mass is 206 g/mol. The van der Waals surface area contributed by atoms with Crippen LogP contribution in [0.25, 0.3) is 0 Å². The predicted molar refractivity (Wildman–Crippen MR) is 48.4 cm³/mol. The van der Waals surface area contributed by atoms with E-state index in [1.807, 2.05) is 0 Å². The fourth-order valence-electron chi connectivity index (χ4n) is 3.27. The molecular formula is C9H15FO2S. The van der Waals surface area contributed by atoms with Crippen LogP contribution in [-0.4, -0.2) is 13.7 Å². The zero-order valence-electron chi connectivity index (χ0n) is 7.96. The molecule has 2 nitrogen and oxygen atoms in total. The molecule has 3 atom stereocenters. The minimum Gasteiger partial charge on any atom is -0.195 e. The summed E-state index contributed by atoms with van der Waals surface area (Å²) >= 11 is 0. The molecule has 0 spiro atoms. The van der Waals surface area contributed by atoms with Crippen molar-refractivity contribution in [3.05, 3.63) is 0 Å². The van der Waals surface area contributed by atoms with Gasteiger partial charge in [-0.2, -0.15) is 8.42 Å². The first-order chi connectivity index (χ1) is 5.83. The van der Waals surface area contributed by atoms with Crippen LogP contribution in [-0.2, 0) is 10.2 Å². The first-order valence-electron chi connectivity index (χ1n) is 4.77. The molecule has 0 aromatic heterocycles. The maximum atomic E-state index is 12.9. The molecule has 0 heterocycles. The molecular weight excluding hydrogens is 191 g/mol. The van der Waals surface area contributed by atoms with E-state index in [2.05, 4.69) is 13.8 Å². The van der Waals surface area contributed by atoms with E-state index < -0.39 is 15.5 Å². The highest BCUT2D eigenvalue weighted by Gasteiger charge is 2.57. The summed E-state index contributed by atoms with van der Waals surface area (Å²) in [4.78, 5) is 0. The van der Waals surface area contributed by atoms with Crippen LogP contribution >= 0.6 is 0 Å². The molecule has 2 rings (SSSR count). The first-order valence-corrected chi connectivity index (χ1v) is 6.21. The van der Waals surface area contributed by atoms with E-state index >= 15 is 0 Å². The largest absolute Gasteiger partial charge is 0.305 e. The molecule has 0 saturated heterocycles. The Balaban J connectivity index is 2.33. The Labute approximate surface area is 78.7 Å². The van der Waals surface area contributed by atoms with Crippen molar-refractivity contribution in [1.29, 1.82) is 0 Å². The standard InChI is InChI=1S/C9H15FO2S/c1-9(2)6-3-4-7(9)8(5-6)13(10,11)12/h6-8H,3-5H2,1-2H3/t6-,7+,8+/m1/s1. The Kier molecular flexibility index (Phi) is 1.79. The summed E-state index contributed by atoms with van der Waals surface area (Å²) in [5, 5.41) is -0.707. The van der Waals surface area contributed by atoms with Crippen LogP contribution in [0.15, 0.2) is 0 Å². The highest BCUT2D eigenvalue weighted by atomic mass is 32.3. The zero-order valence-corrected chi connectivity index (χ0v) is 8.77. The van der Waals surface area contributed by atoms with E-state index in [4.69, 9.17) is 0 Å².